The Morgan fingerprint density at radius 3 is 2.81 bits per heavy atom. The lowest BCUT2D eigenvalue weighted by Gasteiger charge is -2.13. The summed E-state index contributed by atoms with van der Waals surface area (Å²) < 4.78 is 11.3. The van der Waals surface area contributed by atoms with Crippen LogP contribution in [0.4, 0.5) is 5.69 Å². The number of aromatic carboxylic acids is 1. The van der Waals surface area contributed by atoms with E-state index in [2.05, 4.69) is 5.32 Å². The van der Waals surface area contributed by atoms with E-state index in [1.54, 1.807) is 36.4 Å². The standard InChI is InChI=1S/C20H21NO5/c22-19(11-14-5-1-2-9-18(14)20(23)24)21-15-6-3-7-16(12-15)26-13-17-8-4-10-25-17/h1-3,5-7,9,12,17H,4,8,10-11,13H2,(H,21,22)(H,23,24)/t17-/m0/s1. The molecule has 0 spiro atoms. The summed E-state index contributed by atoms with van der Waals surface area (Å²) in [6.07, 6.45) is 2.17. The number of ether oxygens (including phenoxy) is 2. The highest BCUT2D eigenvalue weighted by molar-refractivity contribution is 5.96. The molecule has 1 aliphatic rings. The number of nitrogens with one attached hydrogen (secondary N) is 1. The van der Waals surface area contributed by atoms with Crippen LogP contribution in [0.25, 0.3) is 0 Å². The number of amides is 1. The van der Waals surface area contributed by atoms with Crippen molar-refractivity contribution in [3.05, 3.63) is 59.7 Å². The van der Waals surface area contributed by atoms with Gasteiger partial charge in [0.2, 0.25) is 5.91 Å². The van der Waals surface area contributed by atoms with Gasteiger partial charge in [-0.25, -0.2) is 4.79 Å². The zero-order chi connectivity index (χ0) is 18.4. The summed E-state index contributed by atoms with van der Waals surface area (Å²) in [5.41, 5.74) is 1.22. The van der Waals surface area contributed by atoms with Crippen LogP contribution in [0.3, 0.4) is 0 Å². The Labute approximate surface area is 151 Å². The second-order valence-electron chi connectivity index (χ2n) is 6.16. The Kier molecular flexibility index (Phi) is 5.86. The zero-order valence-corrected chi connectivity index (χ0v) is 14.3. The Bertz CT molecular complexity index is 783. The first kappa shape index (κ1) is 17.9. The van der Waals surface area contributed by atoms with Crippen molar-refractivity contribution in [1.29, 1.82) is 0 Å². The SMILES string of the molecule is O=C(Cc1ccccc1C(=O)O)Nc1cccc(OC[C@@H]2CCCO2)c1. The molecule has 136 valence electrons. The molecule has 6 nitrogen and oxygen atoms in total. The Morgan fingerprint density at radius 2 is 2.04 bits per heavy atom. The van der Waals surface area contributed by atoms with Gasteiger partial charge < -0.3 is 19.9 Å². The van der Waals surface area contributed by atoms with Crippen LogP contribution in [-0.4, -0.2) is 36.3 Å². The van der Waals surface area contributed by atoms with Gasteiger partial charge in [0.1, 0.15) is 12.4 Å². The molecule has 1 saturated heterocycles. The van der Waals surface area contributed by atoms with Crippen LogP contribution in [0.15, 0.2) is 48.5 Å². The smallest absolute Gasteiger partial charge is 0.335 e. The summed E-state index contributed by atoms with van der Waals surface area (Å²) in [5, 5.41) is 12.0. The molecule has 3 rings (SSSR count). The molecular formula is C20H21NO5. The third kappa shape index (κ3) is 4.83. The van der Waals surface area contributed by atoms with E-state index < -0.39 is 5.97 Å². The predicted molar refractivity (Wildman–Crippen MR) is 96.6 cm³/mol. The van der Waals surface area contributed by atoms with Gasteiger partial charge in [-0.3, -0.25) is 4.79 Å². The van der Waals surface area contributed by atoms with E-state index in [0.29, 0.717) is 23.6 Å². The quantitative estimate of drug-likeness (QED) is 0.797. The number of rotatable bonds is 7. The molecule has 6 heteroatoms. The predicted octanol–water partition coefficient (Wildman–Crippen LogP) is 3.12. The van der Waals surface area contributed by atoms with Crippen LogP contribution in [0.1, 0.15) is 28.8 Å². The molecule has 2 aromatic carbocycles. The molecule has 2 aromatic rings. The van der Waals surface area contributed by atoms with Crippen LogP contribution in [0.2, 0.25) is 0 Å². The van der Waals surface area contributed by atoms with Crippen molar-refractivity contribution in [1.82, 2.24) is 0 Å². The highest BCUT2D eigenvalue weighted by Gasteiger charge is 2.16. The highest BCUT2D eigenvalue weighted by atomic mass is 16.5. The first-order valence-electron chi connectivity index (χ1n) is 8.57. The van der Waals surface area contributed by atoms with E-state index in [9.17, 15) is 14.7 Å². The Hall–Kier alpha value is -2.86. The second-order valence-corrected chi connectivity index (χ2v) is 6.16. The van der Waals surface area contributed by atoms with Gasteiger partial charge in [0.05, 0.1) is 18.1 Å². The number of carboxylic acids is 1. The number of carbonyl (C=O) groups is 2. The van der Waals surface area contributed by atoms with Gasteiger partial charge in [0.25, 0.3) is 0 Å². The lowest BCUT2D eigenvalue weighted by Crippen LogP contribution is -2.17. The van der Waals surface area contributed by atoms with Gasteiger partial charge in [-0.2, -0.15) is 0 Å². The van der Waals surface area contributed by atoms with Crippen molar-refractivity contribution in [2.45, 2.75) is 25.4 Å². The van der Waals surface area contributed by atoms with Crippen LogP contribution in [0.5, 0.6) is 5.75 Å². The van der Waals surface area contributed by atoms with Gasteiger partial charge in [0, 0.05) is 18.4 Å². The van der Waals surface area contributed by atoms with E-state index in [1.165, 1.54) is 6.07 Å². The van der Waals surface area contributed by atoms with Crippen molar-refractivity contribution in [3.8, 4) is 5.75 Å². The maximum Gasteiger partial charge on any atom is 0.335 e. The molecule has 1 aliphatic heterocycles. The minimum Gasteiger partial charge on any atom is -0.491 e. The largest absolute Gasteiger partial charge is 0.491 e. The normalized spacial score (nSPS) is 16.2. The molecule has 1 heterocycles. The van der Waals surface area contributed by atoms with Crippen molar-refractivity contribution in [2.75, 3.05) is 18.5 Å². The number of anilines is 1. The molecule has 0 radical (unpaired) electrons. The molecule has 1 amide bonds. The molecule has 0 unspecified atom stereocenters. The third-order valence-corrected chi connectivity index (χ3v) is 4.18. The zero-order valence-electron chi connectivity index (χ0n) is 14.3. The minimum atomic E-state index is -1.04. The molecule has 2 N–H and O–H groups in total. The number of carbonyl (C=O) groups excluding carboxylic acids is 1. The lowest BCUT2D eigenvalue weighted by atomic mass is 10.0. The van der Waals surface area contributed by atoms with E-state index in [1.807, 2.05) is 6.07 Å². The topological polar surface area (TPSA) is 84.9 Å². The van der Waals surface area contributed by atoms with E-state index >= 15 is 0 Å². The van der Waals surface area contributed by atoms with Crippen molar-refractivity contribution < 1.29 is 24.2 Å². The number of hydrogen-bond acceptors (Lipinski definition) is 4. The van der Waals surface area contributed by atoms with Gasteiger partial charge in [-0.1, -0.05) is 24.3 Å². The summed E-state index contributed by atoms with van der Waals surface area (Å²) in [4.78, 5) is 23.5. The van der Waals surface area contributed by atoms with Gasteiger partial charge in [-0.05, 0) is 36.6 Å². The first-order chi connectivity index (χ1) is 12.6. The van der Waals surface area contributed by atoms with Crippen LogP contribution in [-0.2, 0) is 16.0 Å². The molecule has 0 bridgehead atoms. The maximum absolute atomic E-state index is 12.3. The van der Waals surface area contributed by atoms with Crippen molar-refractivity contribution >= 4 is 17.6 Å². The molecule has 26 heavy (non-hydrogen) atoms. The molecule has 0 aliphatic carbocycles. The van der Waals surface area contributed by atoms with E-state index in [4.69, 9.17) is 9.47 Å². The molecule has 0 saturated carbocycles. The first-order valence-corrected chi connectivity index (χ1v) is 8.57. The molecule has 1 atom stereocenters. The van der Waals surface area contributed by atoms with Crippen molar-refractivity contribution in [3.63, 3.8) is 0 Å². The lowest BCUT2D eigenvalue weighted by molar-refractivity contribution is -0.115. The van der Waals surface area contributed by atoms with E-state index in [0.717, 1.165) is 19.4 Å². The highest BCUT2D eigenvalue weighted by Crippen LogP contribution is 2.20. The van der Waals surface area contributed by atoms with Crippen LogP contribution < -0.4 is 10.1 Å². The Balaban J connectivity index is 1.59. The summed E-state index contributed by atoms with van der Waals surface area (Å²) >= 11 is 0. The van der Waals surface area contributed by atoms with Gasteiger partial charge >= 0.3 is 5.97 Å². The fraction of sp³-hybridized carbons (Fsp3) is 0.300. The number of carboxylic acid groups (broad SMARTS) is 1. The summed E-state index contributed by atoms with van der Waals surface area (Å²) in [6, 6.07) is 13.6. The van der Waals surface area contributed by atoms with Gasteiger partial charge in [-0.15, -0.1) is 0 Å². The van der Waals surface area contributed by atoms with Gasteiger partial charge in [0.15, 0.2) is 0 Å². The molecule has 1 fully saturated rings. The van der Waals surface area contributed by atoms with E-state index in [-0.39, 0.29) is 24.0 Å². The Morgan fingerprint density at radius 1 is 1.19 bits per heavy atom. The average molecular weight is 355 g/mol. The summed E-state index contributed by atoms with van der Waals surface area (Å²) in [5.74, 6) is -0.669. The van der Waals surface area contributed by atoms with Crippen molar-refractivity contribution in [2.24, 2.45) is 0 Å². The average Bonchev–Trinajstić information content (AvgIpc) is 3.14. The molecular weight excluding hydrogens is 334 g/mol. The third-order valence-electron chi connectivity index (χ3n) is 4.18. The maximum atomic E-state index is 12.3. The van der Waals surface area contributed by atoms with Crippen LogP contribution >= 0.6 is 0 Å². The van der Waals surface area contributed by atoms with Crippen LogP contribution in [0, 0.1) is 0 Å². The summed E-state index contributed by atoms with van der Waals surface area (Å²) in [7, 11) is 0. The second kappa shape index (κ2) is 8.49. The summed E-state index contributed by atoms with van der Waals surface area (Å²) in [6.45, 7) is 1.27. The fourth-order valence-electron chi connectivity index (χ4n) is 2.89. The monoisotopic (exact) mass is 355 g/mol. The fourth-order valence-corrected chi connectivity index (χ4v) is 2.89. The number of benzene rings is 2. The molecule has 0 aromatic heterocycles. The minimum absolute atomic E-state index is 0.0104. The number of hydrogen-bond donors (Lipinski definition) is 2.